The highest BCUT2D eigenvalue weighted by atomic mass is 35.5. The minimum absolute atomic E-state index is 0. The summed E-state index contributed by atoms with van der Waals surface area (Å²) in [7, 11) is 0. The molecule has 0 spiro atoms. The van der Waals surface area contributed by atoms with Crippen LogP contribution in [-0.2, 0) is 0 Å². The molecule has 5 heteroatoms. The predicted octanol–water partition coefficient (Wildman–Crippen LogP) is 5.27. The van der Waals surface area contributed by atoms with Crippen LogP contribution in [0.2, 0.25) is 0 Å². The number of carbonyl (C=O) groups excluding carboxylic acids is 1. The van der Waals surface area contributed by atoms with Crippen molar-refractivity contribution in [2.24, 2.45) is 0 Å². The number of amides is 1. The number of benzene rings is 3. The van der Waals surface area contributed by atoms with Gasteiger partial charge in [-0.2, -0.15) is 0 Å². The number of halogens is 1. The second-order valence-electron chi connectivity index (χ2n) is 6.48. The van der Waals surface area contributed by atoms with Crippen LogP contribution in [0.1, 0.15) is 24.2 Å². The summed E-state index contributed by atoms with van der Waals surface area (Å²) in [6.45, 7) is 8.38. The average molecular weight is 398 g/mol. The smallest absolute Gasteiger partial charge is 0.255 e. The first-order valence-corrected chi connectivity index (χ1v) is 9.57. The van der Waals surface area contributed by atoms with Crippen LogP contribution in [0, 0.1) is 0 Å². The summed E-state index contributed by atoms with van der Waals surface area (Å²) in [5.41, 5.74) is 2.58. The van der Waals surface area contributed by atoms with Gasteiger partial charge < -0.3 is 15.5 Å². The molecule has 3 rings (SSSR count). The van der Waals surface area contributed by atoms with E-state index in [0.717, 1.165) is 48.3 Å². The molecular formula is C23H28ClN3O. The highest BCUT2D eigenvalue weighted by Crippen LogP contribution is 2.30. The van der Waals surface area contributed by atoms with Crippen molar-refractivity contribution in [2.45, 2.75) is 13.8 Å². The summed E-state index contributed by atoms with van der Waals surface area (Å²) in [6, 6.07) is 21.5. The average Bonchev–Trinajstić information content (AvgIpc) is 2.73. The lowest BCUT2D eigenvalue weighted by atomic mass is 10.1. The lowest BCUT2D eigenvalue weighted by Crippen LogP contribution is -2.28. The first kappa shape index (κ1) is 21.7. The van der Waals surface area contributed by atoms with Gasteiger partial charge in [0.2, 0.25) is 0 Å². The standard InChI is InChI=1S/C23H27N3O.ClH/c1-3-26(4-2)17-16-24-21-14-15-22(20-13-9-8-12-19(20)21)25-23(27)18-10-6-5-7-11-18;/h5-15,24H,3-4,16-17H2,1-2H3,(H,25,27);1H. The van der Waals surface area contributed by atoms with Crippen molar-refractivity contribution in [1.82, 2.24) is 4.90 Å². The van der Waals surface area contributed by atoms with Gasteiger partial charge >= 0.3 is 0 Å². The normalized spacial score (nSPS) is 10.5. The third-order valence-corrected chi connectivity index (χ3v) is 4.85. The Bertz CT molecular complexity index is 895. The van der Waals surface area contributed by atoms with E-state index in [1.165, 1.54) is 0 Å². The zero-order valence-corrected chi connectivity index (χ0v) is 17.3. The lowest BCUT2D eigenvalue weighted by Gasteiger charge is -2.19. The van der Waals surface area contributed by atoms with E-state index >= 15 is 0 Å². The van der Waals surface area contributed by atoms with Crippen LogP contribution in [0.3, 0.4) is 0 Å². The molecule has 0 saturated heterocycles. The molecule has 0 fully saturated rings. The second-order valence-corrected chi connectivity index (χ2v) is 6.48. The highest BCUT2D eigenvalue weighted by Gasteiger charge is 2.10. The van der Waals surface area contributed by atoms with Gasteiger partial charge in [0.15, 0.2) is 0 Å². The number of rotatable bonds is 8. The molecule has 3 aromatic rings. The Labute approximate surface area is 173 Å². The number of hydrogen-bond acceptors (Lipinski definition) is 3. The number of nitrogens with one attached hydrogen (secondary N) is 2. The van der Waals surface area contributed by atoms with Crippen LogP contribution >= 0.6 is 12.4 Å². The Hall–Kier alpha value is -2.56. The number of nitrogens with zero attached hydrogens (tertiary/aromatic N) is 1. The van der Waals surface area contributed by atoms with E-state index in [-0.39, 0.29) is 18.3 Å². The minimum Gasteiger partial charge on any atom is -0.383 e. The maximum Gasteiger partial charge on any atom is 0.255 e. The maximum atomic E-state index is 12.5. The Balaban J connectivity index is 0.00000280. The maximum absolute atomic E-state index is 12.5. The molecule has 1 amide bonds. The zero-order chi connectivity index (χ0) is 19.1. The molecule has 0 aliphatic heterocycles. The van der Waals surface area contributed by atoms with Gasteiger partial charge in [-0.15, -0.1) is 12.4 Å². The van der Waals surface area contributed by atoms with Crippen LogP contribution in [0.4, 0.5) is 11.4 Å². The van der Waals surface area contributed by atoms with Crippen molar-refractivity contribution in [1.29, 1.82) is 0 Å². The summed E-state index contributed by atoms with van der Waals surface area (Å²) in [6.07, 6.45) is 0. The van der Waals surface area contributed by atoms with E-state index in [1.54, 1.807) is 0 Å². The van der Waals surface area contributed by atoms with E-state index in [1.807, 2.05) is 60.7 Å². The van der Waals surface area contributed by atoms with Gasteiger partial charge in [-0.25, -0.2) is 0 Å². The lowest BCUT2D eigenvalue weighted by molar-refractivity contribution is 0.102. The van der Waals surface area contributed by atoms with Crippen molar-refractivity contribution in [3.05, 3.63) is 72.3 Å². The first-order chi connectivity index (χ1) is 13.2. The van der Waals surface area contributed by atoms with Crippen molar-refractivity contribution >= 4 is 40.5 Å². The van der Waals surface area contributed by atoms with Crippen LogP contribution in [0.15, 0.2) is 66.7 Å². The molecule has 0 radical (unpaired) electrons. The third kappa shape index (κ3) is 5.24. The van der Waals surface area contributed by atoms with E-state index in [4.69, 9.17) is 0 Å². The summed E-state index contributed by atoms with van der Waals surface area (Å²) in [5.74, 6) is -0.0944. The summed E-state index contributed by atoms with van der Waals surface area (Å²) in [4.78, 5) is 14.9. The predicted molar refractivity (Wildman–Crippen MR) is 122 cm³/mol. The monoisotopic (exact) mass is 397 g/mol. The van der Waals surface area contributed by atoms with Crippen LogP contribution < -0.4 is 10.6 Å². The molecule has 0 aliphatic carbocycles. The van der Waals surface area contributed by atoms with Crippen molar-refractivity contribution in [2.75, 3.05) is 36.8 Å². The third-order valence-electron chi connectivity index (χ3n) is 4.85. The molecule has 2 N–H and O–H groups in total. The van der Waals surface area contributed by atoms with Crippen molar-refractivity contribution in [3.63, 3.8) is 0 Å². The van der Waals surface area contributed by atoms with Gasteiger partial charge in [-0.1, -0.05) is 56.3 Å². The van der Waals surface area contributed by atoms with E-state index in [2.05, 4.69) is 35.4 Å². The van der Waals surface area contributed by atoms with E-state index < -0.39 is 0 Å². The zero-order valence-electron chi connectivity index (χ0n) is 16.4. The Morgan fingerprint density at radius 1 is 0.821 bits per heavy atom. The number of carbonyl (C=O) groups is 1. The summed E-state index contributed by atoms with van der Waals surface area (Å²) < 4.78 is 0. The molecule has 3 aromatic carbocycles. The van der Waals surface area contributed by atoms with Gasteiger partial charge in [0, 0.05) is 40.8 Å². The number of anilines is 2. The van der Waals surface area contributed by atoms with Crippen LogP contribution in [0.25, 0.3) is 10.8 Å². The fourth-order valence-electron chi connectivity index (χ4n) is 3.23. The second kappa shape index (κ2) is 10.7. The summed E-state index contributed by atoms with van der Waals surface area (Å²) in [5, 5.41) is 8.74. The molecule has 148 valence electrons. The molecule has 0 saturated carbocycles. The van der Waals surface area contributed by atoms with Gasteiger partial charge in [0.25, 0.3) is 5.91 Å². The number of fused-ring (bicyclic) bond motifs is 1. The topological polar surface area (TPSA) is 44.4 Å². The number of likely N-dealkylation sites (N-methyl/N-ethyl adjacent to an activating group) is 1. The molecular weight excluding hydrogens is 370 g/mol. The molecule has 28 heavy (non-hydrogen) atoms. The molecule has 0 heterocycles. The van der Waals surface area contributed by atoms with Crippen molar-refractivity contribution in [3.8, 4) is 0 Å². The van der Waals surface area contributed by atoms with Gasteiger partial charge in [-0.3, -0.25) is 4.79 Å². The molecule has 0 aromatic heterocycles. The quantitative estimate of drug-likeness (QED) is 0.544. The van der Waals surface area contributed by atoms with Gasteiger partial charge in [-0.05, 0) is 37.4 Å². The molecule has 4 nitrogen and oxygen atoms in total. The fourth-order valence-corrected chi connectivity index (χ4v) is 3.23. The highest BCUT2D eigenvalue weighted by molar-refractivity contribution is 6.11. The molecule has 0 bridgehead atoms. The fraction of sp³-hybridized carbons (Fsp3) is 0.261. The van der Waals surface area contributed by atoms with Gasteiger partial charge in [0.1, 0.15) is 0 Å². The molecule has 0 atom stereocenters. The Morgan fingerprint density at radius 3 is 2.04 bits per heavy atom. The van der Waals surface area contributed by atoms with Crippen molar-refractivity contribution < 1.29 is 4.79 Å². The van der Waals surface area contributed by atoms with Crippen LogP contribution in [-0.4, -0.2) is 37.0 Å². The Morgan fingerprint density at radius 2 is 1.39 bits per heavy atom. The van der Waals surface area contributed by atoms with Crippen LogP contribution in [0.5, 0.6) is 0 Å². The largest absolute Gasteiger partial charge is 0.383 e. The molecule has 0 aliphatic rings. The summed E-state index contributed by atoms with van der Waals surface area (Å²) >= 11 is 0. The number of hydrogen-bond donors (Lipinski definition) is 2. The Kier molecular flexibility index (Phi) is 8.30. The van der Waals surface area contributed by atoms with E-state index in [9.17, 15) is 4.79 Å². The first-order valence-electron chi connectivity index (χ1n) is 9.57. The SMILES string of the molecule is CCN(CC)CCNc1ccc(NC(=O)c2ccccc2)c2ccccc12.Cl. The van der Waals surface area contributed by atoms with E-state index in [0.29, 0.717) is 5.56 Å². The van der Waals surface area contributed by atoms with Gasteiger partial charge in [0.05, 0.1) is 0 Å². The molecule has 0 unspecified atom stereocenters. The minimum atomic E-state index is -0.0944.